The molecular weight excluding hydrogens is 423 g/mol. The zero-order valence-electron chi connectivity index (χ0n) is 15.4. The Bertz CT molecular complexity index is 1190. The van der Waals surface area contributed by atoms with Crippen LogP contribution in [0.25, 0.3) is 16.6 Å². The molecule has 0 unspecified atom stereocenters. The third-order valence-electron chi connectivity index (χ3n) is 4.57. The number of hydrogen-bond donors (Lipinski definition) is 0. The fourth-order valence-electron chi connectivity index (χ4n) is 3.17. The Labute approximate surface area is 169 Å². The monoisotopic (exact) mass is 440 g/mol. The van der Waals surface area contributed by atoms with Crippen LogP contribution in [0.3, 0.4) is 0 Å². The van der Waals surface area contributed by atoms with E-state index in [0.717, 1.165) is 21.1 Å². The van der Waals surface area contributed by atoms with Gasteiger partial charge in [-0.15, -0.1) is 0 Å². The summed E-state index contributed by atoms with van der Waals surface area (Å²) in [7, 11) is 0. The van der Waals surface area contributed by atoms with E-state index in [1.54, 1.807) is 23.0 Å². The van der Waals surface area contributed by atoms with Gasteiger partial charge in [0, 0.05) is 9.86 Å². The molecule has 0 aliphatic carbocycles. The Morgan fingerprint density at radius 3 is 2.39 bits per heavy atom. The van der Waals surface area contributed by atoms with Gasteiger partial charge >= 0.3 is 0 Å². The molecule has 5 nitrogen and oxygen atoms in total. The summed E-state index contributed by atoms with van der Waals surface area (Å²) in [6.07, 6.45) is 1.66. The summed E-state index contributed by atoms with van der Waals surface area (Å²) in [5.74, 6) is -0.220. The molecule has 2 heterocycles. The zero-order valence-corrected chi connectivity index (χ0v) is 17.0. The first-order chi connectivity index (χ1) is 13.4. The molecule has 4 rings (SSSR count). The van der Waals surface area contributed by atoms with Gasteiger partial charge in [0.2, 0.25) is 0 Å². The molecule has 4 aromatic rings. The van der Waals surface area contributed by atoms with Gasteiger partial charge in [0.25, 0.3) is 5.56 Å². The van der Waals surface area contributed by atoms with Gasteiger partial charge in [-0.2, -0.15) is 10.2 Å². The maximum absolute atomic E-state index is 13.3. The number of fused-ring (bicyclic) bond motifs is 1. The number of hydrogen-bond acceptors (Lipinski definition) is 3. The van der Waals surface area contributed by atoms with E-state index < -0.39 is 0 Å². The van der Waals surface area contributed by atoms with E-state index in [1.807, 2.05) is 38.1 Å². The molecule has 0 bridgehead atoms. The summed E-state index contributed by atoms with van der Waals surface area (Å²) >= 11 is 3.42. The van der Waals surface area contributed by atoms with E-state index in [9.17, 15) is 9.18 Å². The molecule has 0 amide bonds. The first kappa shape index (κ1) is 18.6. The lowest BCUT2D eigenvalue weighted by molar-refractivity contribution is 0.612. The summed E-state index contributed by atoms with van der Waals surface area (Å²) in [4.78, 5) is 13.3. The maximum atomic E-state index is 13.3. The Kier molecular flexibility index (Phi) is 4.85. The Morgan fingerprint density at radius 1 is 1.07 bits per heavy atom. The van der Waals surface area contributed by atoms with Crippen LogP contribution in [0.4, 0.5) is 4.39 Å². The van der Waals surface area contributed by atoms with Gasteiger partial charge in [-0.3, -0.25) is 4.79 Å². The van der Waals surface area contributed by atoms with E-state index in [0.29, 0.717) is 17.7 Å². The van der Waals surface area contributed by atoms with Crippen LogP contribution in [0.2, 0.25) is 0 Å². The summed E-state index contributed by atoms with van der Waals surface area (Å²) in [5.41, 5.74) is 2.62. The molecule has 0 aliphatic rings. The largest absolute Gasteiger partial charge is 0.293 e. The lowest BCUT2D eigenvalue weighted by atomic mass is 10.1. The molecule has 0 saturated carbocycles. The Hall–Kier alpha value is -2.80. The van der Waals surface area contributed by atoms with Crippen molar-refractivity contribution in [3.05, 3.63) is 86.6 Å². The van der Waals surface area contributed by atoms with Crippen molar-refractivity contribution in [1.82, 2.24) is 19.6 Å². The molecule has 0 aliphatic heterocycles. The zero-order chi connectivity index (χ0) is 19.8. The van der Waals surface area contributed by atoms with E-state index in [-0.39, 0.29) is 17.3 Å². The van der Waals surface area contributed by atoms with Crippen LogP contribution >= 0.6 is 15.9 Å². The van der Waals surface area contributed by atoms with Crippen LogP contribution in [-0.4, -0.2) is 19.6 Å². The summed E-state index contributed by atoms with van der Waals surface area (Å²) in [6, 6.07) is 13.7. The van der Waals surface area contributed by atoms with E-state index in [4.69, 9.17) is 0 Å². The maximum Gasteiger partial charge on any atom is 0.293 e. The fourth-order valence-corrected chi connectivity index (χ4v) is 3.43. The molecule has 7 heteroatoms. The second-order valence-electron chi connectivity index (χ2n) is 6.92. The number of halogens is 2. The molecule has 0 saturated heterocycles. The van der Waals surface area contributed by atoms with E-state index in [2.05, 4.69) is 26.1 Å². The molecule has 0 atom stereocenters. The average molecular weight is 441 g/mol. The number of aromatic nitrogens is 4. The van der Waals surface area contributed by atoms with Crippen molar-refractivity contribution in [3.8, 4) is 5.69 Å². The first-order valence-corrected chi connectivity index (χ1v) is 9.72. The second-order valence-corrected chi connectivity index (χ2v) is 7.84. The van der Waals surface area contributed by atoms with Crippen molar-refractivity contribution in [2.45, 2.75) is 26.3 Å². The highest BCUT2D eigenvalue weighted by Gasteiger charge is 2.19. The predicted molar refractivity (Wildman–Crippen MR) is 110 cm³/mol. The van der Waals surface area contributed by atoms with Gasteiger partial charge in [0.15, 0.2) is 0 Å². The van der Waals surface area contributed by atoms with Crippen LogP contribution in [0.5, 0.6) is 0 Å². The third-order valence-corrected chi connectivity index (χ3v) is 5.10. The van der Waals surface area contributed by atoms with Crippen LogP contribution in [-0.2, 0) is 6.54 Å². The molecule has 142 valence electrons. The molecule has 0 radical (unpaired) electrons. The van der Waals surface area contributed by atoms with E-state index in [1.165, 1.54) is 16.8 Å². The van der Waals surface area contributed by atoms with Crippen molar-refractivity contribution in [3.63, 3.8) is 0 Å². The van der Waals surface area contributed by atoms with Crippen LogP contribution in [0.15, 0.2) is 64.0 Å². The van der Waals surface area contributed by atoms with Gasteiger partial charge in [0.1, 0.15) is 11.3 Å². The Morgan fingerprint density at radius 2 is 1.75 bits per heavy atom. The molecule has 2 aromatic carbocycles. The standard InChI is InChI=1S/C21H18BrFN4O/c1-13(2)19-18-11-24-27(17-9-7-16(23)8-10-17)20(18)21(28)26(25-19)12-14-3-5-15(22)6-4-14/h3-11,13H,12H2,1-2H3. The highest BCUT2D eigenvalue weighted by molar-refractivity contribution is 9.10. The number of rotatable bonds is 4. The summed E-state index contributed by atoms with van der Waals surface area (Å²) in [5, 5.41) is 9.73. The number of benzene rings is 2. The molecule has 2 aromatic heterocycles. The van der Waals surface area contributed by atoms with Crippen LogP contribution < -0.4 is 5.56 Å². The van der Waals surface area contributed by atoms with Gasteiger partial charge in [-0.05, 0) is 47.9 Å². The van der Waals surface area contributed by atoms with Crippen molar-refractivity contribution in [2.75, 3.05) is 0 Å². The first-order valence-electron chi connectivity index (χ1n) is 8.93. The lowest BCUT2D eigenvalue weighted by Gasteiger charge is -2.12. The van der Waals surface area contributed by atoms with Crippen LogP contribution in [0, 0.1) is 5.82 Å². The Balaban J connectivity index is 1.92. The SMILES string of the molecule is CC(C)c1nn(Cc2ccc(Br)cc2)c(=O)c2c1cnn2-c1ccc(F)cc1. The minimum atomic E-state index is -0.336. The van der Waals surface area contributed by atoms with Gasteiger partial charge < -0.3 is 0 Å². The molecule has 0 spiro atoms. The molecule has 0 N–H and O–H groups in total. The predicted octanol–water partition coefficient (Wildman–Crippen LogP) is 4.66. The molecule has 28 heavy (non-hydrogen) atoms. The van der Waals surface area contributed by atoms with Gasteiger partial charge in [0.05, 0.1) is 24.1 Å². The summed E-state index contributed by atoms with van der Waals surface area (Å²) in [6.45, 7) is 4.42. The van der Waals surface area contributed by atoms with Crippen molar-refractivity contribution in [1.29, 1.82) is 0 Å². The van der Waals surface area contributed by atoms with E-state index >= 15 is 0 Å². The smallest absolute Gasteiger partial charge is 0.265 e. The van der Waals surface area contributed by atoms with Crippen molar-refractivity contribution < 1.29 is 4.39 Å². The van der Waals surface area contributed by atoms with Crippen molar-refractivity contribution in [2.24, 2.45) is 0 Å². The third kappa shape index (κ3) is 3.38. The quantitative estimate of drug-likeness (QED) is 0.463. The van der Waals surface area contributed by atoms with Gasteiger partial charge in [-0.1, -0.05) is 41.9 Å². The number of nitrogens with zero attached hydrogens (tertiary/aromatic N) is 4. The van der Waals surface area contributed by atoms with Crippen molar-refractivity contribution >= 4 is 26.8 Å². The highest BCUT2D eigenvalue weighted by Crippen LogP contribution is 2.23. The topological polar surface area (TPSA) is 52.7 Å². The van der Waals surface area contributed by atoms with Gasteiger partial charge in [-0.25, -0.2) is 13.8 Å². The average Bonchev–Trinajstić information content (AvgIpc) is 3.11. The van der Waals surface area contributed by atoms with Crippen LogP contribution in [0.1, 0.15) is 31.0 Å². The molecular formula is C21H18BrFN4O. The summed E-state index contributed by atoms with van der Waals surface area (Å²) < 4.78 is 17.3. The lowest BCUT2D eigenvalue weighted by Crippen LogP contribution is -2.27. The fraction of sp³-hybridized carbons (Fsp3) is 0.190. The normalized spacial score (nSPS) is 11.5. The molecule has 0 fully saturated rings. The second kappa shape index (κ2) is 7.31. The highest BCUT2D eigenvalue weighted by atomic mass is 79.9. The minimum Gasteiger partial charge on any atom is -0.265 e. The minimum absolute atomic E-state index is 0.116.